The van der Waals surface area contributed by atoms with Crippen LogP contribution in [0.3, 0.4) is 0 Å². The molecule has 0 radical (unpaired) electrons. The first-order chi connectivity index (χ1) is 9.40. The van der Waals surface area contributed by atoms with E-state index in [2.05, 4.69) is 4.98 Å². The molecule has 110 valence electrons. The lowest BCUT2D eigenvalue weighted by Crippen LogP contribution is -2.31. The molecule has 1 aromatic heterocycles. The van der Waals surface area contributed by atoms with Gasteiger partial charge in [0.15, 0.2) is 0 Å². The molecule has 0 aliphatic carbocycles. The van der Waals surface area contributed by atoms with Crippen LogP contribution in [0.15, 0.2) is 18.3 Å². The number of carbonyl (C=O) groups excluding carboxylic acids is 1. The number of rotatable bonds is 3. The summed E-state index contributed by atoms with van der Waals surface area (Å²) in [4.78, 5) is 16.6. The Labute approximate surface area is 118 Å². The standard InChI is InChI=1S/C12H12ClF3N2O2/c13-6-11(19)18-4-2-9(7-18)20-10-5-8(1-3-17-10)12(14,15)16/h1,3,5,9H,2,4,6-7H2. The highest BCUT2D eigenvalue weighted by molar-refractivity contribution is 6.27. The van der Waals surface area contributed by atoms with Gasteiger partial charge in [-0.05, 0) is 6.07 Å². The number of pyridine rings is 1. The summed E-state index contributed by atoms with van der Waals surface area (Å²) in [5, 5.41) is 0. The van der Waals surface area contributed by atoms with E-state index in [0.717, 1.165) is 18.3 Å². The van der Waals surface area contributed by atoms with Crippen LogP contribution in [-0.2, 0) is 11.0 Å². The van der Waals surface area contributed by atoms with E-state index in [1.807, 2.05) is 0 Å². The first-order valence-corrected chi connectivity index (χ1v) is 6.47. The van der Waals surface area contributed by atoms with Gasteiger partial charge in [0.25, 0.3) is 0 Å². The normalized spacial score (nSPS) is 19.2. The van der Waals surface area contributed by atoms with Crippen molar-refractivity contribution in [1.29, 1.82) is 0 Å². The van der Waals surface area contributed by atoms with Gasteiger partial charge in [-0.2, -0.15) is 13.2 Å². The van der Waals surface area contributed by atoms with Gasteiger partial charge in [-0.15, -0.1) is 11.6 Å². The summed E-state index contributed by atoms with van der Waals surface area (Å²) in [6, 6.07) is 1.73. The second-order valence-corrected chi connectivity index (χ2v) is 4.65. The monoisotopic (exact) mass is 308 g/mol. The minimum atomic E-state index is -4.43. The summed E-state index contributed by atoms with van der Waals surface area (Å²) in [5.41, 5.74) is -0.811. The molecule has 4 nitrogen and oxygen atoms in total. The van der Waals surface area contributed by atoms with Gasteiger partial charge >= 0.3 is 6.18 Å². The third kappa shape index (κ3) is 3.53. The molecule has 2 rings (SSSR count). The van der Waals surface area contributed by atoms with Gasteiger partial charge in [0.2, 0.25) is 11.8 Å². The topological polar surface area (TPSA) is 42.4 Å². The number of hydrogen-bond acceptors (Lipinski definition) is 3. The lowest BCUT2D eigenvalue weighted by molar-refractivity contribution is -0.137. The number of carbonyl (C=O) groups is 1. The molecule has 1 aromatic rings. The molecule has 1 aliphatic rings. The molecule has 1 aliphatic heterocycles. The van der Waals surface area contributed by atoms with Crippen molar-refractivity contribution in [3.63, 3.8) is 0 Å². The number of ether oxygens (including phenoxy) is 1. The lowest BCUT2D eigenvalue weighted by Gasteiger charge is -2.16. The zero-order chi connectivity index (χ0) is 14.8. The van der Waals surface area contributed by atoms with Crippen molar-refractivity contribution in [2.45, 2.75) is 18.7 Å². The second kappa shape index (κ2) is 5.87. The zero-order valence-electron chi connectivity index (χ0n) is 10.4. The Kier molecular flexibility index (Phi) is 4.37. The van der Waals surface area contributed by atoms with Crippen LogP contribution in [0.2, 0.25) is 0 Å². The molecule has 8 heteroatoms. The predicted octanol–water partition coefficient (Wildman–Crippen LogP) is 2.32. The van der Waals surface area contributed by atoms with Crippen molar-refractivity contribution in [3.8, 4) is 5.88 Å². The molecular weight excluding hydrogens is 297 g/mol. The fraction of sp³-hybridized carbons (Fsp3) is 0.500. The Morgan fingerprint density at radius 3 is 2.95 bits per heavy atom. The van der Waals surface area contributed by atoms with E-state index in [0.29, 0.717) is 19.5 Å². The molecule has 0 aromatic carbocycles. The van der Waals surface area contributed by atoms with Crippen LogP contribution in [-0.4, -0.2) is 40.9 Å². The summed E-state index contributed by atoms with van der Waals surface area (Å²) in [6.45, 7) is 0.790. The Morgan fingerprint density at radius 2 is 2.30 bits per heavy atom. The SMILES string of the molecule is O=C(CCl)N1CCC(Oc2cc(C(F)(F)F)ccn2)C1. The Bertz CT molecular complexity index is 496. The van der Waals surface area contributed by atoms with Gasteiger partial charge in [-0.25, -0.2) is 4.98 Å². The minimum Gasteiger partial charge on any atom is -0.472 e. The summed E-state index contributed by atoms with van der Waals surface area (Å²) >= 11 is 5.44. The molecule has 1 unspecified atom stereocenters. The lowest BCUT2D eigenvalue weighted by atomic mass is 10.2. The fourth-order valence-electron chi connectivity index (χ4n) is 1.96. The van der Waals surface area contributed by atoms with E-state index in [9.17, 15) is 18.0 Å². The van der Waals surface area contributed by atoms with Gasteiger partial charge < -0.3 is 9.64 Å². The van der Waals surface area contributed by atoms with E-state index in [-0.39, 0.29) is 23.8 Å². The van der Waals surface area contributed by atoms with E-state index < -0.39 is 11.7 Å². The number of nitrogens with zero attached hydrogens (tertiary/aromatic N) is 2. The summed E-state index contributed by atoms with van der Waals surface area (Å²) in [6.07, 6.45) is -3.20. The number of halogens is 4. The summed E-state index contributed by atoms with van der Waals surface area (Å²) in [7, 11) is 0. The Balaban J connectivity index is 2.00. The van der Waals surface area contributed by atoms with E-state index in [1.54, 1.807) is 0 Å². The molecule has 1 atom stereocenters. The fourth-order valence-corrected chi connectivity index (χ4v) is 2.13. The Morgan fingerprint density at radius 1 is 1.55 bits per heavy atom. The Hall–Kier alpha value is -1.50. The van der Waals surface area contributed by atoms with E-state index in [4.69, 9.17) is 16.3 Å². The number of aromatic nitrogens is 1. The predicted molar refractivity (Wildman–Crippen MR) is 65.6 cm³/mol. The van der Waals surface area contributed by atoms with E-state index >= 15 is 0 Å². The van der Waals surface area contributed by atoms with Crippen LogP contribution in [0, 0.1) is 0 Å². The summed E-state index contributed by atoms with van der Waals surface area (Å²) in [5.74, 6) is -0.422. The van der Waals surface area contributed by atoms with Crippen LogP contribution in [0.5, 0.6) is 5.88 Å². The first kappa shape index (κ1) is 14.9. The average Bonchev–Trinajstić information content (AvgIpc) is 2.85. The van der Waals surface area contributed by atoms with Crippen molar-refractivity contribution in [3.05, 3.63) is 23.9 Å². The molecule has 1 saturated heterocycles. The van der Waals surface area contributed by atoms with Crippen LogP contribution in [0.1, 0.15) is 12.0 Å². The van der Waals surface area contributed by atoms with Crippen LogP contribution in [0.4, 0.5) is 13.2 Å². The van der Waals surface area contributed by atoms with Crippen LogP contribution < -0.4 is 4.74 Å². The third-order valence-corrected chi connectivity index (χ3v) is 3.19. The molecular formula is C12H12ClF3N2O2. The second-order valence-electron chi connectivity index (χ2n) is 4.38. The van der Waals surface area contributed by atoms with Crippen molar-refractivity contribution >= 4 is 17.5 Å². The van der Waals surface area contributed by atoms with Gasteiger partial charge in [0.1, 0.15) is 12.0 Å². The summed E-state index contributed by atoms with van der Waals surface area (Å²) < 4.78 is 43.0. The van der Waals surface area contributed by atoms with Crippen LogP contribution in [0.25, 0.3) is 0 Å². The highest BCUT2D eigenvalue weighted by Gasteiger charge is 2.32. The van der Waals surface area contributed by atoms with Gasteiger partial charge in [0.05, 0.1) is 12.1 Å². The number of alkyl halides is 4. The average molecular weight is 309 g/mol. The smallest absolute Gasteiger partial charge is 0.416 e. The van der Waals surface area contributed by atoms with Gasteiger partial charge in [-0.1, -0.05) is 0 Å². The van der Waals surface area contributed by atoms with Crippen molar-refractivity contribution in [1.82, 2.24) is 9.88 Å². The van der Waals surface area contributed by atoms with Gasteiger partial charge in [0, 0.05) is 25.2 Å². The van der Waals surface area contributed by atoms with E-state index in [1.165, 1.54) is 4.90 Å². The maximum atomic E-state index is 12.5. The highest BCUT2D eigenvalue weighted by atomic mass is 35.5. The molecule has 0 saturated carbocycles. The van der Waals surface area contributed by atoms with Crippen molar-refractivity contribution in [2.24, 2.45) is 0 Å². The maximum Gasteiger partial charge on any atom is 0.416 e. The molecule has 1 fully saturated rings. The van der Waals surface area contributed by atoms with Crippen molar-refractivity contribution in [2.75, 3.05) is 19.0 Å². The van der Waals surface area contributed by atoms with Gasteiger partial charge in [-0.3, -0.25) is 4.79 Å². The molecule has 0 bridgehead atoms. The number of likely N-dealkylation sites (tertiary alicyclic amines) is 1. The first-order valence-electron chi connectivity index (χ1n) is 5.94. The van der Waals surface area contributed by atoms with Crippen molar-refractivity contribution < 1.29 is 22.7 Å². The third-order valence-electron chi connectivity index (χ3n) is 2.96. The molecule has 1 amide bonds. The minimum absolute atomic E-state index is 0.0926. The largest absolute Gasteiger partial charge is 0.472 e. The molecule has 0 spiro atoms. The molecule has 20 heavy (non-hydrogen) atoms. The number of amides is 1. The highest BCUT2D eigenvalue weighted by Crippen LogP contribution is 2.30. The quantitative estimate of drug-likeness (QED) is 0.805. The number of hydrogen-bond donors (Lipinski definition) is 0. The van der Waals surface area contributed by atoms with Crippen LogP contribution >= 0.6 is 11.6 Å². The maximum absolute atomic E-state index is 12.5. The zero-order valence-corrected chi connectivity index (χ0v) is 11.1. The molecule has 0 N–H and O–H groups in total. The molecule has 2 heterocycles.